The second kappa shape index (κ2) is 4.08. The SMILES string of the molecule is CC(C)(C)OC(=O)Nc1ccn2nccc2c1. The van der Waals surface area contributed by atoms with Crippen molar-refractivity contribution in [3.8, 4) is 0 Å². The van der Waals surface area contributed by atoms with E-state index in [1.54, 1.807) is 23.0 Å². The molecule has 1 N–H and O–H groups in total. The van der Waals surface area contributed by atoms with E-state index in [1.807, 2.05) is 32.9 Å². The van der Waals surface area contributed by atoms with Gasteiger partial charge in [-0.25, -0.2) is 9.31 Å². The zero-order valence-electron chi connectivity index (χ0n) is 10.1. The number of carbonyl (C=O) groups excluding carboxylic acids is 1. The van der Waals surface area contributed by atoms with Crippen molar-refractivity contribution in [3.05, 3.63) is 30.6 Å². The van der Waals surface area contributed by atoms with Crippen molar-refractivity contribution in [1.29, 1.82) is 0 Å². The van der Waals surface area contributed by atoms with Crippen molar-refractivity contribution in [3.63, 3.8) is 0 Å². The summed E-state index contributed by atoms with van der Waals surface area (Å²) in [5.41, 5.74) is 1.11. The average molecular weight is 233 g/mol. The molecule has 0 aromatic carbocycles. The third-order valence-electron chi connectivity index (χ3n) is 2.04. The van der Waals surface area contributed by atoms with Gasteiger partial charge in [-0.3, -0.25) is 5.32 Å². The summed E-state index contributed by atoms with van der Waals surface area (Å²) in [6.07, 6.45) is 3.02. The van der Waals surface area contributed by atoms with E-state index in [4.69, 9.17) is 4.74 Å². The molecule has 2 heterocycles. The quantitative estimate of drug-likeness (QED) is 0.823. The molecule has 2 aromatic rings. The van der Waals surface area contributed by atoms with E-state index in [0.29, 0.717) is 5.69 Å². The Balaban J connectivity index is 2.10. The molecule has 5 nitrogen and oxygen atoms in total. The second-order valence-electron chi connectivity index (χ2n) is 4.74. The summed E-state index contributed by atoms with van der Waals surface area (Å²) >= 11 is 0. The number of nitrogens with zero attached hydrogens (tertiary/aromatic N) is 2. The number of ether oxygens (including phenoxy) is 1. The van der Waals surface area contributed by atoms with Crippen LogP contribution in [-0.4, -0.2) is 21.3 Å². The summed E-state index contributed by atoms with van der Waals surface area (Å²) in [6.45, 7) is 5.48. The van der Waals surface area contributed by atoms with E-state index in [2.05, 4.69) is 10.4 Å². The van der Waals surface area contributed by atoms with E-state index in [-0.39, 0.29) is 0 Å². The first-order valence-corrected chi connectivity index (χ1v) is 5.37. The molecule has 0 bridgehead atoms. The van der Waals surface area contributed by atoms with Crippen LogP contribution in [0.3, 0.4) is 0 Å². The molecule has 0 unspecified atom stereocenters. The molecule has 0 fully saturated rings. The monoisotopic (exact) mass is 233 g/mol. The number of amides is 1. The first-order chi connectivity index (χ1) is 7.94. The standard InChI is InChI=1S/C12H15N3O2/c1-12(2,3)17-11(16)14-9-5-7-15-10(8-9)4-6-13-15/h4-8H,1-3H3,(H,14,16). The van der Waals surface area contributed by atoms with Crippen LogP contribution in [-0.2, 0) is 4.74 Å². The highest BCUT2D eigenvalue weighted by Gasteiger charge is 2.16. The number of carbonyl (C=O) groups is 1. The van der Waals surface area contributed by atoms with Crippen LogP contribution in [0.5, 0.6) is 0 Å². The zero-order chi connectivity index (χ0) is 12.5. The first-order valence-electron chi connectivity index (χ1n) is 5.37. The van der Waals surface area contributed by atoms with E-state index >= 15 is 0 Å². The van der Waals surface area contributed by atoms with Crippen molar-refractivity contribution >= 4 is 17.3 Å². The van der Waals surface area contributed by atoms with Crippen LogP contribution in [0, 0.1) is 0 Å². The van der Waals surface area contributed by atoms with Gasteiger partial charge in [-0.1, -0.05) is 0 Å². The Labute approximate surface area is 99.4 Å². The summed E-state index contributed by atoms with van der Waals surface area (Å²) in [5, 5.41) is 6.75. The molecule has 0 aliphatic carbocycles. The lowest BCUT2D eigenvalue weighted by Gasteiger charge is -2.19. The molecular weight excluding hydrogens is 218 g/mol. The number of hydrogen-bond donors (Lipinski definition) is 1. The summed E-state index contributed by atoms with van der Waals surface area (Å²) in [7, 11) is 0. The number of anilines is 1. The van der Waals surface area contributed by atoms with Crippen molar-refractivity contribution in [2.45, 2.75) is 26.4 Å². The molecule has 90 valence electrons. The number of pyridine rings is 1. The average Bonchev–Trinajstić information content (AvgIpc) is 2.61. The number of hydrogen-bond acceptors (Lipinski definition) is 3. The van der Waals surface area contributed by atoms with Gasteiger partial charge in [0.1, 0.15) is 5.60 Å². The van der Waals surface area contributed by atoms with Gasteiger partial charge in [-0.05, 0) is 39.0 Å². The lowest BCUT2D eigenvalue weighted by Crippen LogP contribution is -2.27. The third kappa shape index (κ3) is 2.96. The molecule has 0 saturated carbocycles. The van der Waals surface area contributed by atoms with Gasteiger partial charge >= 0.3 is 6.09 Å². The van der Waals surface area contributed by atoms with Gasteiger partial charge in [0.15, 0.2) is 0 Å². The van der Waals surface area contributed by atoms with Gasteiger partial charge in [0, 0.05) is 18.1 Å². The van der Waals surface area contributed by atoms with Gasteiger partial charge < -0.3 is 4.74 Å². The van der Waals surface area contributed by atoms with Crippen molar-refractivity contribution < 1.29 is 9.53 Å². The second-order valence-corrected chi connectivity index (χ2v) is 4.74. The Morgan fingerprint density at radius 3 is 2.88 bits per heavy atom. The molecule has 0 spiro atoms. The fourth-order valence-corrected chi connectivity index (χ4v) is 1.42. The van der Waals surface area contributed by atoms with Crippen molar-refractivity contribution in [2.24, 2.45) is 0 Å². The summed E-state index contributed by atoms with van der Waals surface area (Å²) in [4.78, 5) is 11.5. The Hall–Kier alpha value is -2.04. The van der Waals surface area contributed by atoms with Crippen molar-refractivity contribution in [1.82, 2.24) is 9.61 Å². The van der Waals surface area contributed by atoms with Crippen LogP contribution in [0.4, 0.5) is 10.5 Å². The normalized spacial score (nSPS) is 11.5. The molecule has 0 saturated heterocycles. The highest BCUT2D eigenvalue weighted by molar-refractivity contribution is 5.85. The maximum atomic E-state index is 11.5. The maximum absolute atomic E-state index is 11.5. The van der Waals surface area contributed by atoms with Crippen LogP contribution in [0.1, 0.15) is 20.8 Å². The largest absolute Gasteiger partial charge is 0.444 e. The number of aromatic nitrogens is 2. The van der Waals surface area contributed by atoms with Crippen LogP contribution >= 0.6 is 0 Å². The number of rotatable bonds is 1. The van der Waals surface area contributed by atoms with Crippen LogP contribution in [0.2, 0.25) is 0 Å². The first kappa shape index (κ1) is 11.4. The van der Waals surface area contributed by atoms with E-state index in [0.717, 1.165) is 5.52 Å². The molecule has 0 radical (unpaired) electrons. The summed E-state index contributed by atoms with van der Waals surface area (Å²) in [6, 6.07) is 5.46. The topological polar surface area (TPSA) is 55.6 Å². The predicted molar refractivity (Wildman–Crippen MR) is 65.0 cm³/mol. The smallest absolute Gasteiger partial charge is 0.412 e. The van der Waals surface area contributed by atoms with E-state index in [1.165, 1.54) is 0 Å². The minimum Gasteiger partial charge on any atom is -0.444 e. The van der Waals surface area contributed by atoms with Crippen LogP contribution in [0.15, 0.2) is 30.6 Å². The molecule has 0 atom stereocenters. The fraction of sp³-hybridized carbons (Fsp3) is 0.333. The van der Waals surface area contributed by atoms with E-state index < -0.39 is 11.7 Å². The Kier molecular flexibility index (Phi) is 2.75. The van der Waals surface area contributed by atoms with Crippen LogP contribution in [0.25, 0.3) is 5.52 Å². The minimum absolute atomic E-state index is 0.457. The summed E-state index contributed by atoms with van der Waals surface area (Å²) in [5.74, 6) is 0. The van der Waals surface area contributed by atoms with Gasteiger partial charge in [-0.2, -0.15) is 5.10 Å². The lowest BCUT2D eigenvalue weighted by atomic mass is 10.2. The highest BCUT2D eigenvalue weighted by atomic mass is 16.6. The molecular formula is C12H15N3O2. The maximum Gasteiger partial charge on any atom is 0.412 e. The molecule has 0 aliphatic heterocycles. The Morgan fingerprint density at radius 2 is 2.18 bits per heavy atom. The molecule has 5 heteroatoms. The fourth-order valence-electron chi connectivity index (χ4n) is 1.42. The molecule has 1 amide bonds. The third-order valence-corrected chi connectivity index (χ3v) is 2.04. The van der Waals surface area contributed by atoms with Gasteiger partial charge in [-0.15, -0.1) is 0 Å². The molecule has 2 rings (SSSR count). The highest BCUT2D eigenvalue weighted by Crippen LogP contribution is 2.13. The number of nitrogens with one attached hydrogen (secondary N) is 1. The lowest BCUT2D eigenvalue weighted by molar-refractivity contribution is 0.0636. The van der Waals surface area contributed by atoms with E-state index in [9.17, 15) is 4.79 Å². The van der Waals surface area contributed by atoms with Gasteiger partial charge in [0.2, 0.25) is 0 Å². The van der Waals surface area contributed by atoms with Crippen molar-refractivity contribution in [2.75, 3.05) is 5.32 Å². The molecule has 0 aliphatic rings. The number of fused-ring (bicyclic) bond motifs is 1. The van der Waals surface area contributed by atoms with Crippen LogP contribution < -0.4 is 5.32 Å². The minimum atomic E-state index is -0.495. The molecule has 17 heavy (non-hydrogen) atoms. The Bertz CT molecular complexity index is 540. The van der Waals surface area contributed by atoms with Gasteiger partial charge in [0.05, 0.1) is 5.52 Å². The van der Waals surface area contributed by atoms with Gasteiger partial charge in [0.25, 0.3) is 0 Å². The zero-order valence-corrected chi connectivity index (χ0v) is 10.1. The Morgan fingerprint density at radius 1 is 1.41 bits per heavy atom. The summed E-state index contributed by atoms with van der Waals surface area (Å²) < 4.78 is 6.89. The predicted octanol–water partition coefficient (Wildman–Crippen LogP) is 2.68. The molecule has 2 aromatic heterocycles.